The average molecular weight is 517 g/mol. The molecule has 1 aliphatic heterocycles. The molecule has 4 N–H and O–H groups in total. The summed E-state index contributed by atoms with van der Waals surface area (Å²) in [6.07, 6.45) is 2.76. The van der Waals surface area contributed by atoms with Gasteiger partial charge in [0.2, 0.25) is 0 Å². The molecule has 3 heterocycles. The Kier molecular flexibility index (Phi) is 6.91. The third-order valence-corrected chi connectivity index (χ3v) is 6.46. The Morgan fingerprint density at radius 1 is 1.24 bits per heavy atom. The van der Waals surface area contributed by atoms with Crippen LogP contribution in [0.4, 0.5) is 0 Å². The van der Waals surface area contributed by atoms with Gasteiger partial charge in [-0.1, -0.05) is 12.1 Å². The first-order valence-corrected chi connectivity index (χ1v) is 11.4. The maximum Gasteiger partial charge on any atom is 0.255 e. The van der Waals surface area contributed by atoms with Crippen LogP contribution in [0.5, 0.6) is 0 Å². The summed E-state index contributed by atoms with van der Waals surface area (Å²) in [7, 11) is 0. The van der Waals surface area contributed by atoms with E-state index in [1.165, 1.54) is 4.90 Å². The summed E-state index contributed by atoms with van der Waals surface area (Å²) in [6.45, 7) is 2.17. The zero-order chi connectivity index (χ0) is 23.5. The first-order chi connectivity index (χ1) is 15.9. The van der Waals surface area contributed by atoms with Gasteiger partial charge in [-0.05, 0) is 59.5 Å². The van der Waals surface area contributed by atoms with Gasteiger partial charge in [-0.3, -0.25) is 14.7 Å². The second kappa shape index (κ2) is 9.86. The van der Waals surface area contributed by atoms with E-state index in [9.17, 15) is 19.8 Å². The van der Waals surface area contributed by atoms with Crippen LogP contribution in [-0.2, 0) is 9.59 Å². The lowest BCUT2D eigenvalue weighted by molar-refractivity contribution is -0.154. The monoisotopic (exact) mass is 516 g/mol. The molecule has 0 radical (unpaired) electrons. The van der Waals surface area contributed by atoms with Gasteiger partial charge in [0.25, 0.3) is 11.8 Å². The highest BCUT2D eigenvalue weighted by molar-refractivity contribution is 9.10. The minimum absolute atomic E-state index is 0.313. The lowest BCUT2D eigenvalue weighted by atomic mass is 10.1. The fourth-order valence-corrected chi connectivity index (χ4v) is 4.47. The van der Waals surface area contributed by atoms with Crippen molar-refractivity contribution >= 4 is 27.7 Å². The minimum Gasteiger partial charge on any atom is -0.380 e. The molecule has 3 aromatic rings. The van der Waals surface area contributed by atoms with Crippen LogP contribution < -0.4 is 5.32 Å². The van der Waals surface area contributed by atoms with E-state index >= 15 is 0 Å². The lowest BCUT2D eigenvalue weighted by Crippen LogP contribution is -2.51. The first kappa shape index (κ1) is 23.1. The van der Waals surface area contributed by atoms with Gasteiger partial charge in [-0.15, -0.1) is 0 Å². The second-order valence-corrected chi connectivity index (χ2v) is 8.84. The molecular formula is C22H25BrN6O4. The number of aliphatic hydroxyl groups excluding tert-OH is 2. The van der Waals surface area contributed by atoms with Crippen LogP contribution in [0, 0.1) is 0 Å². The van der Waals surface area contributed by atoms with Crippen LogP contribution in [0.3, 0.4) is 0 Å². The molecule has 4 atom stereocenters. The molecule has 174 valence electrons. The number of hydrogen-bond acceptors (Lipinski definition) is 6. The van der Waals surface area contributed by atoms with Crippen molar-refractivity contribution in [2.24, 2.45) is 0 Å². The number of carbonyl (C=O) groups is 2. The minimum atomic E-state index is -1.89. The van der Waals surface area contributed by atoms with E-state index in [2.05, 4.69) is 36.5 Å². The number of nitrogens with one attached hydrogen (secondary N) is 2. The normalized spacial score (nSPS) is 18.7. The molecule has 0 spiro atoms. The number of aromatic nitrogens is 4. The van der Waals surface area contributed by atoms with E-state index in [1.807, 2.05) is 36.5 Å². The van der Waals surface area contributed by atoms with E-state index in [4.69, 9.17) is 0 Å². The van der Waals surface area contributed by atoms with Gasteiger partial charge in [0.1, 0.15) is 0 Å². The van der Waals surface area contributed by atoms with Crippen molar-refractivity contribution in [2.75, 3.05) is 6.54 Å². The Morgan fingerprint density at radius 2 is 2.00 bits per heavy atom. The second-order valence-electron chi connectivity index (χ2n) is 7.98. The Labute approximate surface area is 198 Å². The Bertz CT molecular complexity index is 1100. The zero-order valence-electron chi connectivity index (χ0n) is 17.9. The lowest BCUT2D eigenvalue weighted by Gasteiger charge is -2.28. The maximum absolute atomic E-state index is 12.9. The summed E-state index contributed by atoms with van der Waals surface area (Å²) in [5.74, 6) is -1.52. The molecule has 1 unspecified atom stereocenters. The van der Waals surface area contributed by atoms with Crippen LogP contribution in [0.25, 0.3) is 5.69 Å². The number of amides is 2. The molecule has 2 amide bonds. The maximum atomic E-state index is 12.9. The number of aromatic amines is 1. The number of benzene rings is 1. The molecule has 1 aromatic carbocycles. The summed E-state index contributed by atoms with van der Waals surface area (Å²) < 4.78 is 2.44. The summed E-state index contributed by atoms with van der Waals surface area (Å²) in [6, 6.07) is 8.47. The molecule has 33 heavy (non-hydrogen) atoms. The highest BCUT2D eigenvalue weighted by Crippen LogP contribution is 2.35. The van der Waals surface area contributed by atoms with Gasteiger partial charge in [0.15, 0.2) is 12.2 Å². The third-order valence-electron chi connectivity index (χ3n) is 5.83. The van der Waals surface area contributed by atoms with E-state index in [-0.39, 0.29) is 6.04 Å². The van der Waals surface area contributed by atoms with E-state index in [1.54, 1.807) is 24.0 Å². The van der Waals surface area contributed by atoms with Crippen LogP contribution in [0.2, 0.25) is 0 Å². The number of hydrogen-bond donors (Lipinski definition) is 4. The number of aliphatic hydroxyl groups is 2. The van der Waals surface area contributed by atoms with Crippen molar-refractivity contribution in [3.8, 4) is 5.69 Å². The van der Waals surface area contributed by atoms with Crippen molar-refractivity contribution in [2.45, 2.75) is 44.1 Å². The smallest absolute Gasteiger partial charge is 0.255 e. The van der Waals surface area contributed by atoms with Gasteiger partial charge >= 0.3 is 0 Å². The van der Waals surface area contributed by atoms with Crippen molar-refractivity contribution in [1.29, 1.82) is 0 Å². The molecule has 1 aliphatic rings. The van der Waals surface area contributed by atoms with Crippen molar-refractivity contribution < 1.29 is 19.8 Å². The molecule has 1 fully saturated rings. The molecule has 4 rings (SSSR count). The number of likely N-dealkylation sites (tertiary alicyclic amines) is 1. The molecule has 1 saturated heterocycles. The van der Waals surface area contributed by atoms with E-state index in [0.717, 1.165) is 27.8 Å². The SMILES string of the molecule is C[C@@H](NC(=O)[C@H](O)[C@@H](O)C(=O)N1CCCC1c1[nH]ncc1Br)c1ccc(-n2cccn2)cc1. The topological polar surface area (TPSA) is 136 Å². The van der Waals surface area contributed by atoms with Gasteiger partial charge < -0.3 is 20.4 Å². The summed E-state index contributed by atoms with van der Waals surface area (Å²) in [5.41, 5.74) is 2.39. The van der Waals surface area contributed by atoms with Gasteiger partial charge in [-0.2, -0.15) is 10.2 Å². The van der Waals surface area contributed by atoms with Crippen molar-refractivity contribution in [3.63, 3.8) is 0 Å². The van der Waals surface area contributed by atoms with Crippen LogP contribution in [-0.4, -0.2) is 65.7 Å². The van der Waals surface area contributed by atoms with Crippen LogP contribution >= 0.6 is 15.9 Å². The fourth-order valence-electron chi connectivity index (χ4n) is 4.01. The molecule has 10 nitrogen and oxygen atoms in total. The molecular weight excluding hydrogens is 492 g/mol. The number of nitrogens with zero attached hydrogens (tertiary/aromatic N) is 4. The molecule has 2 aromatic heterocycles. The standard InChI is InChI=1S/C22H25BrN6O4/c1-13(14-5-7-15(8-6-14)29-11-3-9-25-29)26-21(32)19(30)20(31)22(33)28-10-2-4-17(28)18-16(23)12-24-27-18/h3,5-9,11-13,17,19-20,30-31H,2,4,10H2,1H3,(H,24,27)(H,26,32)/t13-,17?,19-,20-/m1/s1. The number of halogens is 1. The van der Waals surface area contributed by atoms with E-state index < -0.39 is 30.1 Å². The van der Waals surface area contributed by atoms with Crippen LogP contribution in [0.1, 0.15) is 43.1 Å². The Balaban J connectivity index is 1.38. The van der Waals surface area contributed by atoms with Gasteiger partial charge in [0, 0.05) is 18.9 Å². The number of rotatable bonds is 7. The highest BCUT2D eigenvalue weighted by Gasteiger charge is 2.39. The molecule has 0 bridgehead atoms. The summed E-state index contributed by atoms with van der Waals surface area (Å²) in [4.78, 5) is 26.9. The molecule has 0 aliphatic carbocycles. The van der Waals surface area contributed by atoms with Crippen LogP contribution in [0.15, 0.2) is 53.4 Å². The van der Waals surface area contributed by atoms with Gasteiger partial charge in [-0.25, -0.2) is 4.68 Å². The van der Waals surface area contributed by atoms with E-state index in [0.29, 0.717) is 13.0 Å². The quantitative estimate of drug-likeness (QED) is 0.376. The Morgan fingerprint density at radius 3 is 2.64 bits per heavy atom. The molecule has 11 heteroatoms. The fraction of sp³-hybridized carbons (Fsp3) is 0.364. The van der Waals surface area contributed by atoms with Crippen molar-refractivity contribution in [1.82, 2.24) is 30.2 Å². The van der Waals surface area contributed by atoms with Gasteiger partial charge in [0.05, 0.1) is 34.1 Å². The predicted octanol–water partition coefficient (Wildman–Crippen LogP) is 1.62. The Hall–Kier alpha value is -3.02. The number of H-pyrrole nitrogens is 1. The molecule has 0 saturated carbocycles. The summed E-state index contributed by atoms with van der Waals surface area (Å²) in [5, 5.41) is 34.5. The zero-order valence-corrected chi connectivity index (χ0v) is 19.5. The third kappa shape index (κ3) is 4.85. The largest absolute Gasteiger partial charge is 0.380 e. The highest BCUT2D eigenvalue weighted by atomic mass is 79.9. The van der Waals surface area contributed by atoms with Crippen molar-refractivity contribution in [3.05, 3.63) is 64.7 Å². The first-order valence-electron chi connectivity index (χ1n) is 10.6. The number of carbonyl (C=O) groups excluding carboxylic acids is 2. The average Bonchev–Trinajstić information content (AvgIpc) is 3.59. The summed E-state index contributed by atoms with van der Waals surface area (Å²) >= 11 is 3.39. The predicted molar refractivity (Wildman–Crippen MR) is 122 cm³/mol.